The predicted octanol–water partition coefficient (Wildman–Crippen LogP) is 3.53. The predicted molar refractivity (Wildman–Crippen MR) is 96.0 cm³/mol. The summed E-state index contributed by atoms with van der Waals surface area (Å²) in [6.45, 7) is 3.91. The van der Waals surface area contributed by atoms with Gasteiger partial charge in [-0.2, -0.15) is 0 Å². The van der Waals surface area contributed by atoms with E-state index in [1.54, 1.807) is 29.9 Å². The number of amides is 1. The molecule has 2 heterocycles. The number of aryl methyl sites for hydroxylation is 1. The number of carbonyl (C=O) groups excluding carboxylic acids is 1. The molecule has 3 rings (SSSR count). The first-order valence-corrected chi connectivity index (χ1v) is 8.49. The number of imidazole rings is 1. The number of nitrogens with zero attached hydrogens (tertiary/aromatic N) is 3. The van der Waals surface area contributed by atoms with Crippen molar-refractivity contribution in [2.24, 2.45) is 0 Å². The Kier molecular flexibility index (Phi) is 4.86. The van der Waals surface area contributed by atoms with Crippen LogP contribution in [0.5, 0.6) is 0 Å². The van der Waals surface area contributed by atoms with Crippen molar-refractivity contribution in [1.29, 1.82) is 0 Å². The van der Waals surface area contributed by atoms with Crippen LogP contribution in [0.15, 0.2) is 54.4 Å². The molecule has 3 aromatic rings. The molecule has 0 radical (unpaired) electrons. The molecule has 122 valence electrons. The quantitative estimate of drug-likeness (QED) is 0.724. The van der Waals surface area contributed by atoms with Crippen molar-refractivity contribution >= 4 is 23.3 Å². The van der Waals surface area contributed by atoms with Crippen LogP contribution in [0.3, 0.4) is 0 Å². The SMILES string of the molecule is Cc1nc(C=CC(=O)NC(C)c2ccc(-n3ccnc3)cc2)cs1. The number of nitrogens with one attached hydrogen (secondary N) is 1. The molecule has 0 saturated carbocycles. The van der Waals surface area contributed by atoms with Crippen molar-refractivity contribution in [3.8, 4) is 5.69 Å². The first kappa shape index (κ1) is 16.1. The van der Waals surface area contributed by atoms with Gasteiger partial charge in [-0.15, -0.1) is 11.3 Å². The van der Waals surface area contributed by atoms with E-state index in [1.807, 2.05) is 54.3 Å². The first-order valence-electron chi connectivity index (χ1n) is 7.61. The third kappa shape index (κ3) is 3.97. The molecule has 0 saturated heterocycles. The van der Waals surface area contributed by atoms with Gasteiger partial charge in [-0.25, -0.2) is 9.97 Å². The van der Waals surface area contributed by atoms with Crippen LogP contribution in [0.4, 0.5) is 0 Å². The molecular weight excluding hydrogens is 320 g/mol. The number of aromatic nitrogens is 3. The van der Waals surface area contributed by atoms with Crippen LogP contribution < -0.4 is 5.32 Å². The van der Waals surface area contributed by atoms with Gasteiger partial charge in [0.1, 0.15) is 0 Å². The number of thiazole rings is 1. The molecule has 1 aromatic carbocycles. The van der Waals surface area contributed by atoms with Crippen molar-refractivity contribution < 1.29 is 4.79 Å². The topological polar surface area (TPSA) is 59.8 Å². The van der Waals surface area contributed by atoms with E-state index < -0.39 is 0 Å². The van der Waals surface area contributed by atoms with Gasteiger partial charge in [-0.1, -0.05) is 12.1 Å². The van der Waals surface area contributed by atoms with Crippen LogP contribution in [-0.4, -0.2) is 20.4 Å². The molecule has 6 heteroatoms. The molecule has 0 spiro atoms. The lowest BCUT2D eigenvalue weighted by Crippen LogP contribution is -2.24. The van der Waals surface area contributed by atoms with Gasteiger partial charge >= 0.3 is 0 Å². The number of hydrogen-bond acceptors (Lipinski definition) is 4. The molecular formula is C18H18N4OS. The Bertz CT molecular complexity index is 834. The summed E-state index contributed by atoms with van der Waals surface area (Å²) in [4.78, 5) is 20.4. The molecule has 0 aliphatic heterocycles. The minimum absolute atomic E-state index is 0.0730. The van der Waals surface area contributed by atoms with Crippen LogP contribution in [0.2, 0.25) is 0 Å². The number of rotatable bonds is 5. The maximum absolute atomic E-state index is 12.0. The lowest BCUT2D eigenvalue weighted by Gasteiger charge is -2.13. The van der Waals surface area contributed by atoms with Crippen molar-refractivity contribution in [2.45, 2.75) is 19.9 Å². The maximum Gasteiger partial charge on any atom is 0.244 e. The summed E-state index contributed by atoms with van der Waals surface area (Å²) < 4.78 is 1.94. The van der Waals surface area contributed by atoms with Gasteiger partial charge in [0.2, 0.25) is 5.91 Å². The number of benzene rings is 1. The molecule has 24 heavy (non-hydrogen) atoms. The molecule has 1 unspecified atom stereocenters. The van der Waals surface area contributed by atoms with Gasteiger partial charge in [0.15, 0.2) is 0 Å². The number of carbonyl (C=O) groups is 1. The Balaban J connectivity index is 1.60. The highest BCUT2D eigenvalue weighted by Crippen LogP contribution is 2.16. The smallest absolute Gasteiger partial charge is 0.244 e. The van der Waals surface area contributed by atoms with Gasteiger partial charge in [0.05, 0.1) is 23.1 Å². The highest BCUT2D eigenvalue weighted by molar-refractivity contribution is 7.09. The molecule has 0 aliphatic carbocycles. The molecule has 5 nitrogen and oxygen atoms in total. The fourth-order valence-corrected chi connectivity index (χ4v) is 2.89. The van der Waals surface area contributed by atoms with E-state index in [1.165, 1.54) is 6.08 Å². The standard InChI is InChI=1S/C18H18N4OS/c1-13(20-18(23)8-5-16-11-24-14(2)21-16)15-3-6-17(7-4-15)22-10-9-19-12-22/h3-13H,1-2H3,(H,20,23). The third-order valence-corrected chi connectivity index (χ3v) is 4.39. The van der Waals surface area contributed by atoms with Crippen LogP contribution in [-0.2, 0) is 4.79 Å². The van der Waals surface area contributed by atoms with Crippen LogP contribution in [0.25, 0.3) is 11.8 Å². The summed E-state index contributed by atoms with van der Waals surface area (Å²) >= 11 is 1.57. The molecule has 1 N–H and O–H groups in total. The number of hydrogen-bond donors (Lipinski definition) is 1. The van der Waals surface area contributed by atoms with Crippen LogP contribution in [0, 0.1) is 6.92 Å². The molecule has 0 fully saturated rings. The zero-order chi connectivity index (χ0) is 16.9. The van der Waals surface area contributed by atoms with Crippen molar-refractivity contribution in [2.75, 3.05) is 0 Å². The van der Waals surface area contributed by atoms with Gasteiger partial charge in [0, 0.05) is 29.5 Å². The van der Waals surface area contributed by atoms with Crippen LogP contribution in [0.1, 0.15) is 29.2 Å². The second-order valence-corrected chi connectivity index (χ2v) is 6.48. The Morgan fingerprint density at radius 1 is 1.33 bits per heavy atom. The Morgan fingerprint density at radius 2 is 2.12 bits per heavy atom. The normalized spacial score (nSPS) is 12.4. The zero-order valence-electron chi connectivity index (χ0n) is 13.5. The minimum Gasteiger partial charge on any atom is -0.346 e. The Hall–Kier alpha value is -2.73. The van der Waals surface area contributed by atoms with E-state index in [9.17, 15) is 4.79 Å². The first-order chi connectivity index (χ1) is 11.6. The fraction of sp³-hybridized carbons (Fsp3) is 0.167. The van der Waals surface area contributed by atoms with E-state index in [0.717, 1.165) is 22.0 Å². The monoisotopic (exact) mass is 338 g/mol. The second kappa shape index (κ2) is 7.23. The molecule has 0 bridgehead atoms. The van der Waals surface area contributed by atoms with E-state index >= 15 is 0 Å². The Morgan fingerprint density at radius 3 is 2.75 bits per heavy atom. The van der Waals surface area contributed by atoms with E-state index in [4.69, 9.17) is 0 Å². The van der Waals surface area contributed by atoms with Crippen molar-refractivity contribution in [3.63, 3.8) is 0 Å². The van der Waals surface area contributed by atoms with Crippen molar-refractivity contribution in [3.05, 3.63) is 70.7 Å². The summed E-state index contributed by atoms with van der Waals surface area (Å²) in [5, 5.41) is 5.87. The average Bonchev–Trinajstić information content (AvgIpc) is 3.25. The molecule has 1 atom stereocenters. The van der Waals surface area contributed by atoms with Crippen molar-refractivity contribution in [1.82, 2.24) is 19.9 Å². The Labute approximate surface area is 144 Å². The lowest BCUT2D eigenvalue weighted by atomic mass is 10.1. The largest absolute Gasteiger partial charge is 0.346 e. The zero-order valence-corrected chi connectivity index (χ0v) is 14.3. The van der Waals surface area contributed by atoms with E-state index in [2.05, 4.69) is 15.3 Å². The molecule has 2 aromatic heterocycles. The highest BCUT2D eigenvalue weighted by Gasteiger charge is 2.08. The van der Waals surface area contributed by atoms with E-state index in [0.29, 0.717) is 0 Å². The lowest BCUT2D eigenvalue weighted by molar-refractivity contribution is -0.117. The van der Waals surface area contributed by atoms with Gasteiger partial charge in [-0.05, 0) is 37.6 Å². The summed E-state index contributed by atoms with van der Waals surface area (Å²) in [5.41, 5.74) is 2.89. The summed E-state index contributed by atoms with van der Waals surface area (Å²) in [6, 6.07) is 7.96. The van der Waals surface area contributed by atoms with Crippen LogP contribution >= 0.6 is 11.3 Å². The minimum atomic E-state index is -0.133. The van der Waals surface area contributed by atoms with Gasteiger partial charge in [-0.3, -0.25) is 4.79 Å². The highest BCUT2D eigenvalue weighted by atomic mass is 32.1. The summed E-state index contributed by atoms with van der Waals surface area (Å²) in [6.07, 6.45) is 8.64. The average molecular weight is 338 g/mol. The van der Waals surface area contributed by atoms with Gasteiger partial charge < -0.3 is 9.88 Å². The maximum atomic E-state index is 12.0. The third-order valence-electron chi connectivity index (χ3n) is 3.60. The second-order valence-electron chi connectivity index (χ2n) is 5.42. The fourth-order valence-electron chi connectivity index (χ4n) is 2.31. The van der Waals surface area contributed by atoms with Gasteiger partial charge in [0.25, 0.3) is 0 Å². The molecule has 0 aliphatic rings. The molecule has 1 amide bonds. The van der Waals surface area contributed by atoms with E-state index in [-0.39, 0.29) is 11.9 Å². The summed E-state index contributed by atoms with van der Waals surface area (Å²) in [5.74, 6) is -0.133. The summed E-state index contributed by atoms with van der Waals surface area (Å²) in [7, 11) is 0.